The number of nitrogens with one attached hydrogen (secondary N) is 1. The Labute approximate surface area is 145 Å². The van der Waals surface area contributed by atoms with Crippen molar-refractivity contribution in [2.45, 2.75) is 51.2 Å². The van der Waals surface area contributed by atoms with Crippen molar-refractivity contribution in [1.82, 2.24) is 10.2 Å². The van der Waals surface area contributed by atoms with E-state index in [1.54, 1.807) is 0 Å². The van der Waals surface area contributed by atoms with Crippen LogP contribution in [0.25, 0.3) is 0 Å². The maximum atomic E-state index is 12.4. The quantitative estimate of drug-likeness (QED) is 0.782. The normalized spacial score (nSPS) is 22.6. The van der Waals surface area contributed by atoms with Crippen LogP contribution in [0.5, 0.6) is 0 Å². The second-order valence-electron chi connectivity index (χ2n) is 7.10. The summed E-state index contributed by atoms with van der Waals surface area (Å²) < 4.78 is 5.63. The molecule has 1 atom stereocenters. The van der Waals surface area contributed by atoms with Crippen molar-refractivity contribution in [1.29, 1.82) is 0 Å². The summed E-state index contributed by atoms with van der Waals surface area (Å²) in [5, 5.41) is 3.06. The number of hydrogen-bond acceptors (Lipinski definition) is 3. The van der Waals surface area contributed by atoms with Gasteiger partial charge in [-0.1, -0.05) is 43.2 Å². The molecule has 3 rings (SSSR count). The Balaban J connectivity index is 1.32. The molecule has 1 saturated heterocycles. The van der Waals surface area contributed by atoms with E-state index in [4.69, 9.17) is 4.74 Å². The van der Waals surface area contributed by atoms with Gasteiger partial charge in [0.05, 0.1) is 19.1 Å². The highest BCUT2D eigenvalue weighted by Crippen LogP contribution is 2.27. The van der Waals surface area contributed by atoms with Crippen molar-refractivity contribution in [3.05, 3.63) is 35.9 Å². The van der Waals surface area contributed by atoms with Crippen molar-refractivity contribution in [2.24, 2.45) is 5.92 Å². The van der Waals surface area contributed by atoms with Gasteiger partial charge >= 0.3 is 0 Å². The molecule has 4 nitrogen and oxygen atoms in total. The molecule has 1 aromatic carbocycles. The van der Waals surface area contributed by atoms with Gasteiger partial charge in [0.25, 0.3) is 0 Å². The molecule has 0 spiro atoms. The third-order valence-electron chi connectivity index (χ3n) is 5.32. The van der Waals surface area contributed by atoms with E-state index in [1.165, 1.54) is 37.8 Å². The minimum Gasteiger partial charge on any atom is -0.375 e. The minimum absolute atomic E-state index is 0.161. The van der Waals surface area contributed by atoms with Crippen molar-refractivity contribution in [3.63, 3.8) is 0 Å². The van der Waals surface area contributed by atoms with Crippen LogP contribution in [0, 0.1) is 5.92 Å². The first-order chi connectivity index (χ1) is 11.8. The molecule has 0 radical (unpaired) electrons. The van der Waals surface area contributed by atoms with Gasteiger partial charge in [-0.15, -0.1) is 0 Å². The number of carbonyl (C=O) groups excluding carboxylic acids is 1. The van der Waals surface area contributed by atoms with Crippen LogP contribution >= 0.6 is 0 Å². The van der Waals surface area contributed by atoms with Gasteiger partial charge in [-0.25, -0.2) is 0 Å². The zero-order chi connectivity index (χ0) is 16.6. The molecule has 0 aromatic heterocycles. The van der Waals surface area contributed by atoms with E-state index in [0.717, 1.165) is 25.4 Å². The molecule has 1 aliphatic carbocycles. The number of nitrogens with zero attached hydrogens (tertiary/aromatic N) is 1. The highest BCUT2D eigenvalue weighted by atomic mass is 16.5. The lowest BCUT2D eigenvalue weighted by Crippen LogP contribution is -2.46. The molecule has 2 aliphatic rings. The summed E-state index contributed by atoms with van der Waals surface area (Å²) in [6, 6.07) is 10.9. The van der Waals surface area contributed by atoms with E-state index in [2.05, 4.69) is 22.3 Å². The summed E-state index contributed by atoms with van der Waals surface area (Å²) in [5.74, 6) is 0.370. The zero-order valence-corrected chi connectivity index (χ0v) is 14.6. The number of benzene rings is 1. The van der Waals surface area contributed by atoms with Gasteiger partial charge < -0.3 is 10.1 Å². The van der Waals surface area contributed by atoms with E-state index >= 15 is 0 Å². The summed E-state index contributed by atoms with van der Waals surface area (Å²) in [4.78, 5) is 15.0. The van der Waals surface area contributed by atoms with Crippen molar-refractivity contribution < 1.29 is 9.53 Å². The molecule has 0 bridgehead atoms. The van der Waals surface area contributed by atoms with E-state index in [1.807, 2.05) is 18.2 Å². The van der Waals surface area contributed by atoms with Gasteiger partial charge in [0.2, 0.25) is 5.91 Å². The lowest BCUT2D eigenvalue weighted by Gasteiger charge is -2.36. The summed E-state index contributed by atoms with van der Waals surface area (Å²) >= 11 is 0. The van der Waals surface area contributed by atoms with Crippen LogP contribution in [0.3, 0.4) is 0 Å². The predicted molar refractivity (Wildman–Crippen MR) is 95.7 cm³/mol. The second-order valence-corrected chi connectivity index (χ2v) is 7.10. The first-order valence-corrected chi connectivity index (χ1v) is 9.46. The van der Waals surface area contributed by atoms with E-state index in [-0.39, 0.29) is 11.8 Å². The molecule has 1 amide bonds. The molecule has 24 heavy (non-hydrogen) atoms. The molecule has 1 saturated carbocycles. The van der Waals surface area contributed by atoms with E-state index in [0.29, 0.717) is 19.8 Å². The minimum atomic E-state index is 0.161. The molecule has 1 heterocycles. The molecule has 1 aromatic rings. The fourth-order valence-corrected chi connectivity index (χ4v) is 3.98. The standard InChI is InChI=1S/C20H30N2O2/c23-20(21-12-14-24-16-17-7-2-1-3-8-17)18-9-6-13-22(15-18)19-10-4-5-11-19/h1-3,7-8,18-19H,4-6,9-16H2,(H,21,23)/t18-/m0/s1. The molecule has 1 aliphatic heterocycles. The molecule has 0 unspecified atom stereocenters. The zero-order valence-electron chi connectivity index (χ0n) is 14.6. The van der Waals surface area contributed by atoms with Crippen LogP contribution in [0.2, 0.25) is 0 Å². The van der Waals surface area contributed by atoms with Gasteiger partial charge in [-0.2, -0.15) is 0 Å². The molecule has 2 fully saturated rings. The highest BCUT2D eigenvalue weighted by molar-refractivity contribution is 5.78. The van der Waals surface area contributed by atoms with Crippen LogP contribution in [-0.2, 0) is 16.1 Å². The fourth-order valence-electron chi connectivity index (χ4n) is 3.98. The lowest BCUT2D eigenvalue weighted by molar-refractivity contribution is -0.127. The maximum Gasteiger partial charge on any atom is 0.224 e. The van der Waals surface area contributed by atoms with Crippen LogP contribution in [0.15, 0.2) is 30.3 Å². The highest BCUT2D eigenvalue weighted by Gasteiger charge is 2.30. The Kier molecular flexibility index (Phi) is 6.67. The first kappa shape index (κ1) is 17.4. The summed E-state index contributed by atoms with van der Waals surface area (Å²) in [5.41, 5.74) is 1.17. The Hall–Kier alpha value is -1.39. The van der Waals surface area contributed by atoms with Crippen molar-refractivity contribution in [3.8, 4) is 0 Å². The van der Waals surface area contributed by atoms with Crippen molar-refractivity contribution >= 4 is 5.91 Å². The number of likely N-dealkylation sites (tertiary alicyclic amines) is 1. The Morgan fingerprint density at radius 2 is 1.92 bits per heavy atom. The van der Waals surface area contributed by atoms with Crippen LogP contribution in [-0.4, -0.2) is 43.1 Å². The predicted octanol–water partition coefficient (Wildman–Crippen LogP) is 2.97. The van der Waals surface area contributed by atoms with Gasteiger partial charge in [0, 0.05) is 19.1 Å². The molecule has 4 heteroatoms. The largest absolute Gasteiger partial charge is 0.375 e. The lowest BCUT2D eigenvalue weighted by atomic mass is 9.95. The van der Waals surface area contributed by atoms with Crippen molar-refractivity contribution in [2.75, 3.05) is 26.2 Å². The van der Waals surface area contributed by atoms with Crippen LogP contribution in [0.4, 0.5) is 0 Å². The molecular formula is C20H30N2O2. The molecule has 132 valence electrons. The fraction of sp³-hybridized carbons (Fsp3) is 0.650. The SMILES string of the molecule is O=C(NCCOCc1ccccc1)[C@H]1CCCN(C2CCCC2)C1. The number of carbonyl (C=O) groups is 1. The van der Waals surface area contributed by atoms with Gasteiger partial charge in [-0.05, 0) is 37.8 Å². The molecule has 1 N–H and O–H groups in total. The number of piperidine rings is 1. The maximum absolute atomic E-state index is 12.4. The second kappa shape index (κ2) is 9.19. The number of hydrogen-bond donors (Lipinski definition) is 1. The Bertz CT molecular complexity index is 500. The molecular weight excluding hydrogens is 300 g/mol. The third-order valence-corrected chi connectivity index (χ3v) is 5.32. The van der Waals surface area contributed by atoms with Gasteiger partial charge in [0.1, 0.15) is 0 Å². The monoisotopic (exact) mass is 330 g/mol. The van der Waals surface area contributed by atoms with E-state index in [9.17, 15) is 4.79 Å². The number of amides is 1. The first-order valence-electron chi connectivity index (χ1n) is 9.46. The van der Waals surface area contributed by atoms with Gasteiger partial charge in [0.15, 0.2) is 0 Å². The average molecular weight is 330 g/mol. The summed E-state index contributed by atoms with van der Waals surface area (Å²) in [6.07, 6.45) is 7.54. The number of ether oxygens (including phenoxy) is 1. The smallest absolute Gasteiger partial charge is 0.224 e. The number of rotatable bonds is 7. The van der Waals surface area contributed by atoms with Crippen LogP contribution in [0.1, 0.15) is 44.1 Å². The Morgan fingerprint density at radius 3 is 2.71 bits per heavy atom. The topological polar surface area (TPSA) is 41.6 Å². The third kappa shape index (κ3) is 5.05. The average Bonchev–Trinajstić information content (AvgIpc) is 3.17. The van der Waals surface area contributed by atoms with Gasteiger partial charge in [-0.3, -0.25) is 9.69 Å². The Morgan fingerprint density at radius 1 is 1.12 bits per heavy atom. The summed E-state index contributed by atoms with van der Waals surface area (Å²) in [6.45, 7) is 3.90. The van der Waals surface area contributed by atoms with Crippen LogP contribution < -0.4 is 5.32 Å². The van der Waals surface area contributed by atoms with E-state index < -0.39 is 0 Å². The summed E-state index contributed by atoms with van der Waals surface area (Å²) in [7, 11) is 0.